The molecule has 132 valence electrons. The van der Waals surface area contributed by atoms with E-state index < -0.39 is 11.3 Å². The molecule has 5 rings (SSSR count). The lowest BCUT2D eigenvalue weighted by atomic mass is 9.80. The van der Waals surface area contributed by atoms with Crippen LogP contribution in [0.3, 0.4) is 0 Å². The predicted molar refractivity (Wildman–Crippen MR) is 102 cm³/mol. The minimum atomic E-state index is -1.81. The lowest BCUT2D eigenvalue weighted by Crippen LogP contribution is -2.53. The normalized spacial score (nSPS) is 25.6. The molecule has 2 unspecified atom stereocenters. The van der Waals surface area contributed by atoms with E-state index in [2.05, 4.69) is 10.3 Å². The Kier molecular flexibility index (Phi) is 3.29. The van der Waals surface area contributed by atoms with Crippen molar-refractivity contribution in [1.29, 1.82) is 0 Å². The Morgan fingerprint density at radius 1 is 0.889 bits per heavy atom. The summed E-state index contributed by atoms with van der Waals surface area (Å²) in [5.41, 5.74) is -1.45. The molecule has 1 aliphatic carbocycles. The van der Waals surface area contributed by atoms with Crippen molar-refractivity contribution in [1.82, 2.24) is 0 Å². The molecule has 0 fully saturated rings. The first-order valence-electron chi connectivity index (χ1n) is 8.50. The van der Waals surface area contributed by atoms with Crippen LogP contribution < -0.4 is 5.01 Å². The van der Waals surface area contributed by atoms with Crippen molar-refractivity contribution < 1.29 is 9.90 Å². The second kappa shape index (κ2) is 5.49. The third-order valence-corrected chi connectivity index (χ3v) is 5.56. The fraction of sp³-hybridized carbons (Fsp3) is 0.0952. The van der Waals surface area contributed by atoms with Gasteiger partial charge < -0.3 is 5.11 Å². The highest BCUT2D eigenvalue weighted by atomic mass is 35.5. The summed E-state index contributed by atoms with van der Waals surface area (Å²) in [5, 5.41) is 22.4. The summed E-state index contributed by atoms with van der Waals surface area (Å²) in [4.78, 5) is 13.5. The average Bonchev–Trinajstić information content (AvgIpc) is 3.12. The second-order valence-corrected chi connectivity index (χ2v) is 6.98. The molecule has 3 aromatic rings. The number of hydrogen-bond donors (Lipinski definition) is 1. The highest BCUT2D eigenvalue weighted by molar-refractivity contribution is 6.33. The van der Waals surface area contributed by atoms with Crippen LogP contribution in [0.1, 0.15) is 21.5 Å². The third-order valence-electron chi connectivity index (χ3n) is 5.24. The molecule has 0 radical (unpaired) electrons. The fourth-order valence-electron chi connectivity index (χ4n) is 4.01. The molecular formula is C21H14ClN3O2. The Labute approximate surface area is 160 Å². The quantitative estimate of drug-likeness (QED) is 0.719. The highest BCUT2D eigenvalue weighted by Crippen LogP contribution is 2.59. The van der Waals surface area contributed by atoms with Gasteiger partial charge in [-0.15, -0.1) is 5.11 Å². The van der Waals surface area contributed by atoms with Gasteiger partial charge in [-0.3, -0.25) is 4.79 Å². The predicted octanol–water partition coefficient (Wildman–Crippen LogP) is 4.46. The maximum absolute atomic E-state index is 13.5. The molecule has 6 heteroatoms. The molecule has 1 heterocycles. The zero-order chi connectivity index (χ0) is 18.6. The monoisotopic (exact) mass is 375 g/mol. The molecule has 0 aromatic heterocycles. The standard InChI is InChI=1S/C21H14ClN3O2/c22-17-12-6-7-13-18(17)25-21(27)16-11-5-4-10-15(16)19(26)20(21,23-24-25)14-8-2-1-3-9-14/h1-13,27H. The molecule has 0 spiro atoms. The number of anilines is 1. The Morgan fingerprint density at radius 3 is 2.33 bits per heavy atom. The number of carbonyl (C=O) groups is 1. The van der Waals surface area contributed by atoms with Crippen molar-refractivity contribution in [2.45, 2.75) is 11.3 Å². The van der Waals surface area contributed by atoms with Gasteiger partial charge in [0.25, 0.3) is 0 Å². The van der Waals surface area contributed by atoms with Crippen molar-refractivity contribution in [3.05, 3.63) is 101 Å². The minimum absolute atomic E-state index is 0.287. The van der Waals surface area contributed by atoms with E-state index >= 15 is 0 Å². The zero-order valence-electron chi connectivity index (χ0n) is 14.1. The molecule has 0 saturated carbocycles. The molecule has 5 nitrogen and oxygen atoms in total. The first-order valence-corrected chi connectivity index (χ1v) is 8.88. The molecule has 1 N–H and O–H groups in total. The molecule has 3 aromatic carbocycles. The molecule has 0 amide bonds. The average molecular weight is 376 g/mol. The van der Waals surface area contributed by atoms with Crippen molar-refractivity contribution in [2.24, 2.45) is 10.3 Å². The van der Waals surface area contributed by atoms with Gasteiger partial charge in [0, 0.05) is 11.1 Å². The first-order chi connectivity index (χ1) is 13.1. The number of rotatable bonds is 2. The second-order valence-electron chi connectivity index (χ2n) is 6.58. The van der Waals surface area contributed by atoms with E-state index in [4.69, 9.17) is 11.6 Å². The SMILES string of the molecule is O=C1c2ccccc2C2(O)N(c3ccccc3Cl)N=NC12c1ccccc1. The lowest BCUT2D eigenvalue weighted by molar-refractivity contribution is -0.00734. The van der Waals surface area contributed by atoms with Crippen LogP contribution in [0, 0.1) is 0 Å². The van der Waals surface area contributed by atoms with Gasteiger partial charge in [0.1, 0.15) is 0 Å². The summed E-state index contributed by atoms with van der Waals surface area (Å²) in [7, 11) is 0. The minimum Gasteiger partial charge on any atom is -0.363 e. The summed E-state index contributed by atoms with van der Waals surface area (Å²) >= 11 is 6.37. The van der Waals surface area contributed by atoms with Crippen LogP contribution in [0.4, 0.5) is 5.69 Å². The summed E-state index contributed by atoms with van der Waals surface area (Å²) in [6.07, 6.45) is 0. The van der Waals surface area contributed by atoms with Crippen LogP contribution in [-0.2, 0) is 11.3 Å². The molecule has 27 heavy (non-hydrogen) atoms. The van der Waals surface area contributed by atoms with Gasteiger partial charge in [0.05, 0.1) is 10.7 Å². The molecule has 1 aliphatic heterocycles. The summed E-state index contributed by atoms with van der Waals surface area (Å²) in [5.74, 6) is -0.287. The highest BCUT2D eigenvalue weighted by Gasteiger charge is 2.71. The van der Waals surface area contributed by atoms with Gasteiger partial charge in [-0.1, -0.05) is 83.6 Å². The number of para-hydroxylation sites is 1. The first kappa shape index (κ1) is 16.2. The van der Waals surface area contributed by atoms with Crippen LogP contribution in [0.15, 0.2) is 89.2 Å². The summed E-state index contributed by atoms with van der Waals surface area (Å²) in [6, 6.07) is 23.1. The number of ketones is 1. The maximum atomic E-state index is 13.5. The number of nitrogens with zero attached hydrogens (tertiary/aromatic N) is 3. The number of benzene rings is 3. The van der Waals surface area contributed by atoms with Crippen molar-refractivity contribution in [2.75, 3.05) is 5.01 Å². The summed E-state index contributed by atoms with van der Waals surface area (Å²) in [6.45, 7) is 0. The van der Waals surface area contributed by atoms with E-state index in [0.29, 0.717) is 27.4 Å². The lowest BCUT2D eigenvalue weighted by Gasteiger charge is -2.37. The van der Waals surface area contributed by atoms with Crippen molar-refractivity contribution in [3.63, 3.8) is 0 Å². The van der Waals surface area contributed by atoms with Gasteiger partial charge in [0.2, 0.25) is 17.0 Å². The largest absolute Gasteiger partial charge is 0.363 e. The maximum Gasteiger partial charge on any atom is 0.226 e. The molecule has 2 aliphatic rings. The van der Waals surface area contributed by atoms with Crippen LogP contribution in [0.2, 0.25) is 5.02 Å². The molecule has 0 saturated heterocycles. The van der Waals surface area contributed by atoms with Gasteiger partial charge in [-0.2, -0.15) is 0 Å². The van der Waals surface area contributed by atoms with Crippen molar-refractivity contribution >= 4 is 23.1 Å². The van der Waals surface area contributed by atoms with Gasteiger partial charge in [-0.25, -0.2) is 5.01 Å². The number of aliphatic hydroxyl groups is 1. The van der Waals surface area contributed by atoms with E-state index in [1.807, 2.05) is 18.2 Å². The number of carbonyl (C=O) groups excluding carboxylic acids is 1. The fourth-order valence-corrected chi connectivity index (χ4v) is 4.22. The van der Waals surface area contributed by atoms with E-state index in [9.17, 15) is 9.90 Å². The van der Waals surface area contributed by atoms with Crippen molar-refractivity contribution in [3.8, 4) is 0 Å². The van der Waals surface area contributed by atoms with Crippen LogP contribution in [0.5, 0.6) is 0 Å². The summed E-state index contributed by atoms with van der Waals surface area (Å²) < 4.78 is 0. The Morgan fingerprint density at radius 2 is 1.56 bits per heavy atom. The number of fused-ring (bicyclic) bond motifs is 3. The number of hydrogen-bond acceptors (Lipinski definition) is 5. The van der Waals surface area contributed by atoms with E-state index in [1.165, 1.54) is 5.01 Å². The smallest absolute Gasteiger partial charge is 0.226 e. The van der Waals surface area contributed by atoms with Gasteiger partial charge in [0.15, 0.2) is 0 Å². The van der Waals surface area contributed by atoms with E-state index in [0.717, 1.165) is 0 Å². The Balaban J connectivity index is 1.84. The van der Waals surface area contributed by atoms with Gasteiger partial charge in [-0.05, 0) is 17.7 Å². The van der Waals surface area contributed by atoms with Crippen LogP contribution in [0.25, 0.3) is 0 Å². The van der Waals surface area contributed by atoms with Crippen LogP contribution >= 0.6 is 11.6 Å². The Hall–Kier alpha value is -3.02. The molecular weight excluding hydrogens is 362 g/mol. The van der Waals surface area contributed by atoms with E-state index in [1.54, 1.807) is 60.7 Å². The molecule has 2 atom stereocenters. The Bertz CT molecular complexity index is 1100. The molecule has 0 bridgehead atoms. The topological polar surface area (TPSA) is 65.3 Å². The number of halogens is 1. The third kappa shape index (κ3) is 1.85. The van der Waals surface area contributed by atoms with Crippen LogP contribution in [-0.4, -0.2) is 10.9 Å². The van der Waals surface area contributed by atoms with Gasteiger partial charge >= 0.3 is 0 Å². The van der Waals surface area contributed by atoms with E-state index in [-0.39, 0.29) is 5.78 Å². The number of Topliss-reactive ketones (excluding diaryl/α,β-unsaturated/α-hetero) is 1. The zero-order valence-corrected chi connectivity index (χ0v) is 14.8.